The SMILES string of the molecule is CC[C@H](C)Nc1nc(Nc2c(C)cccc2Cl)cc(-c2cccc(OC(F)(F)F)c2)n1. The standard InChI is InChI=1S/C22H22ClF3N4O/c1-4-14(3)27-21-28-18(15-8-6-9-16(11-15)31-22(24,25)26)12-19(30-21)29-20-13(2)7-5-10-17(20)23/h5-12,14H,4H2,1-3H3,(H2,27,28,29,30)/t14-/m0/s1. The molecule has 1 aromatic heterocycles. The van der Waals surface area contributed by atoms with E-state index in [2.05, 4.69) is 25.3 Å². The monoisotopic (exact) mass is 450 g/mol. The molecule has 0 saturated heterocycles. The number of ether oxygens (including phenoxy) is 1. The zero-order valence-corrected chi connectivity index (χ0v) is 18.0. The minimum atomic E-state index is -4.78. The van der Waals surface area contributed by atoms with Crippen LogP contribution in [-0.4, -0.2) is 22.4 Å². The Hall–Kier alpha value is -3.00. The van der Waals surface area contributed by atoms with E-state index in [9.17, 15) is 13.2 Å². The van der Waals surface area contributed by atoms with E-state index in [0.717, 1.165) is 12.0 Å². The van der Waals surface area contributed by atoms with Crippen LogP contribution in [0.15, 0.2) is 48.5 Å². The summed E-state index contributed by atoms with van der Waals surface area (Å²) in [6, 6.07) is 12.9. The molecule has 0 spiro atoms. The molecule has 0 saturated carbocycles. The first-order chi connectivity index (χ1) is 14.6. The number of halogens is 4. The highest BCUT2D eigenvalue weighted by Gasteiger charge is 2.31. The minimum absolute atomic E-state index is 0.102. The molecule has 3 aromatic rings. The van der Waals surface area contributed by atoms with Crippen LogP contribution in [0.5, 0.6) is 5.75 Å². The third-order valence-corrected chi connectivity index (χ3v) is 4.87. The third kappa shape index (κ3) is 6.24. The molecule has 0 amide bonds. The molecule has 1 atom stereocenters. The average Bonchev–Trinajstić information content (AvgIpc) is 2.69. The number of para-hydroxylation sites is 1. The molecular formula is C22H22ClF3N4O. The number of hydrogen-bond acceptors (Lipinski definition) is 5. The van der Waals surface area contributed by atoms with E-state index in [1.165, 1.54) is 18.2 Å². The minimum Gasteiger partial charge on any atom is -0.406 e. The van der Waals surface area contributed by atoms with E-state index in [1.807, 2.05) is 32.9 Å². The molecule has 1 heterocycles. The fourth-order valence-corrected chi connectivity index (χ4v) is 3.09. The lowest BCUT2D eigenvalue weighted by Gasteiger charge is -2.16. The molecule has 0 aliphatic rings. The summed E-state index contributed by atoms with van der Waals surface area (Å²) in [5.74, 6) is 0.479. The number of benzene rings is 2. The summed E-state index contributed by atoms with van der Waals surface area (Å²) in [5, 5.41) is 6.93. The zero-order chi connectivity index (χ0) is 22.6. The van der Waals surface area contributed by atoms with E-state index < -0.39 is 6.36 Å². The molecule has 2 aromatic carbocycles. The first-order valence-electron chi connectivity index (χ1n) is 9.68. The van der Waals surface area contributed by atoms with Crippen molar-refractivity contribution in [3.05, 3.63) is 59.1 Å². The fraction of sp³-hybridized carbons (Fsp3) is 0.273. The highest BCUT2D eigenvalue weighted by atomic mass is 35.5. The van der Waals surface area contributed by atoms with Crippen LogP contribution < -0.4 is 15.4 Å². The van der Waals surface area contributed by atoms with Crippen LogP contribution >= 0.6 is 11.6 Å². The topological polar surface area (TPSA) is 59.1 Å². The van der Waals surface area contributed by atoms with Gasteiger partial charge in [0.1, 0.15) is 11.6 Å². The number of anilines is 3. The van der Waals surface area contributed by atoms with Gasteiger partial charge in [-0.15, -0.1) is 13.2 Å². The number of aryl methyl sites for hydroxylation is 1. The Balaban J connectivity index is 2.03. The Kier molecular flexibility index (Phi) is 6.90. The molecule has 2 N–H and O–H groups in total. The van der Waals surface area contributed by atoms with E-state index in [0.29, 0.717) is 33.7 Å². The normalized spacial score (nSPS) is 12.4. The highest BCUT2D eigenvalue weighted by Crippen LogP contribution is 2.32. The largest absolute Gasteiger partial charge is 0.573 e. The summed E-state index contributed by atoms with van der Waals surface area (Å²) in [5.41, 5.74) is 2.50. The first kappa shape index (κ1) is 22.7. The zero-order valence-electron chi connectivity index (χ0n) is 17.2. The van der Waals surface area contributed by atoms with E-state index >= 15 is 0 Å². The van der Waals surface area contributed by atoms with E-state index in [1.54, 1.807) is 18.2 Å². The van der Waals surface area contributed by atoms with Gasteiger partial charge in [0.2, 0.25) is 5.95 Å². The molecule has 9 heteroatoms. The second kappa shape index (κ2) is 9.43. The summed E-state index contributed by atoms with van der Waals surface area (Å²) >= 11 is 6.32. The van der Waals surface area contributed by atoms with Gasteiger partial charge in [-0.25, -0.2) is 4.98 Å². The summed E-state index contributed by atoms with van der Waals surface area (Å²) < 4.78 is 41.9. The van der Waals surface area contributed by atoms with Crippen molar-refractivity contribution in [2.45, 2.75) is 39.6 Å². The Morgan fingerprint density at radius 2 is 1.84 bits per heavy atom. The van der Waals surface area contributed by atoms with Crippen molar-refractivity contribution >= 4 is 29.1 Å². The predicted octanol–water partition coefficient (Wildman–Crippen LogP) is 6.96. The Morgan fingerprint density at radius 3 is 2.52 bits per heavy atom. The quantitative estimate of drug-likeness (QED) is 0.407. The molecule has 0 radical (unpaired) electrons. The predicted molar refractivity (Wildman–Crippen MR) is 117 cm³/mol. The summed E-state index contributed by atoms with van der Waals surface area (Å²) in [6.07, 6.45) is -3.93. The van der Waals surface area contributed by atoms with Crippen molar-refractivity contribution in [2.24, 2.45) is 0 Å². The molecule has 0 aliphatic heterocycles. The molecule has 0 fully saturated rings. The van der Waals surface area contributed by atoms with Crippen molar-refractivity contribution in [2.75, 3.05) is 10.6 Å². The molecule has 5 nitrogen and oxygen atoms in total. The first-order valence-corrected chi connectivity index (χ1v) is 10.1. The molecule has 0 aliphatic carbocycles. The summed E-state index contributed by atoms with van der Waals surface area (Å²) in [4.78, 5) is 8.99. The molecule has 164 valence electrons. The van der Waals surface area contributed by atoms with E-state index in [4.69, 9.17) is 11.6 Å². The summed E-state index contributed by atoms with van der Waals surface area (Å²) in [6.45, 7) is 5.91. The fourth-order valence-electron chi connectivity index (χ4n) is 2.82. The molecule has 3 rings (SSSR count). The molecule has 0 unspecified atom stereocenters. The van der Waals surface area contributed by atoms with Crippen LogP contribution in [-0.2, 0) is 0 Å². The highest BCUT2D eigenvalue weighted by molar-refractivity contribution is 6.33. The van der Waals surface area contributed by atoms with Crippen molar-refractivity contribution in [3.8, 4) is 17.0 Å². The number of nitrogens with zero attached hydrogens (tertiary/aromatic N) is 2. The van der Waals surface area contributed by atoms with Crippen LogP contribution in [0.2, 0.25) is 5.02 Å². The van der Waals surface area contributed by atoms with Gasteiger partial charge in [-0.3, -0.25) is 0 Å². The van der Waals surface area contributed by atoms with Gasteiger partial charge < -0.3 is 15.4 Å². The van der Waals surface area contributed by atoms with Gasteiger partial charge in [0, 0.05) is 17.7 Å². The van der Waals surface area contributed by atoms with Crippen molar-refractivity contribution in [1.82, 2.24) is 9.97 Å². The number of hydrogen-bond donors (Lipinski definition) is 2. The molecular weight excluding hydrogens is 429 g/mol. The van der Waals surface area contributed by atoms with Gasteiger partial charge in [0.05, 0.1) is 16.4 Å². The second-order valence-electron chi connectivity index (χ2n) is 7.05. The van der Waals surface area contributed by atoms with Gasteiger partial charge in [-0.2, -0.15) is 4.98 Å². The Labute approximate surface area is 183 Å². The lowest BCUT2D eigenvalue weighted by atomic mass is 10.1. The second-order valence-corrected chi connectivity index (χ2v) is 7.46. The maximum absolute atomic E-state index is 12.6. The van der Waals surface area contributed by atoms with Gasteiger partial charge >= 0.3 is 6.36 Å². The molecule has 31 heavy (non-hydrogen) atoms. The Morgan fingerprint density at radius 1 is 1.10 bits per heavy atom. The molecule has 0 bridgehead atoms. The van der Waals surface area contributed by atoms with Gasteiger partial charge in [-0.05, 0) is 44.0 Å². The maximum Gasteiger partial charge on any atom is 0.573 e. The van der Waals surface area contributed by atoms with Crippen molar-refractivity contribution in [3.63, 3.8) is 0 Å². The average molecular weight is 451 g/mol. The third-order valence-electron chi connectivity index (χ3n) is 4.55. The van der Waals surface area contributed by atoms with Gasteiger partial charge in [0.25, 0.3) is 0 Å². The smallest absolute Gasteiger partial charge is 0.406 e. The lowest BCUT2D eigenvalue weighted by molar-refractivity contribution is -0.274. The number of rotatable bonds is 7. The van der Waals surface area contributed by atoms with Crippen LogP contribution in [0.25, 0.3) is 11.3 Å². The number of alkyl halides is 3. The van der Waals surface area contributed by atoms with E-state index in [-0.39, 0.29) is 11.8 Å². The maximum atomic E-state index is 12.6. The van der Waals surface area contributed by atoms with Crippen LogP contribution in [0.1, 0.15) is 25.8 Å². The van der Waals surface area contributed by atoms with Crippen molar-refractivity contribution < 1.29 is 17.9 Å². The van der Waals surface area contributed by atoms with Crippen LogP contribution in [0, 0.1) is 6.92 Å². The Bertz CT molecular complexity index is 1040. The van der Waals surface area contributed by atoms with Gasteiger partial charge in [-0.1, -0.05) is 42.8 Å². The van der Waals surface area contributed by atoms with Crippen molar-refractivity contribution in [1.29, 1.82) is 0 Å². The number of nitrogens with one attached hydrogen (secondary N) is 2. The number of aromatic nitrogens is 2. The van der Waals surface area contributed by atoms with Crippen LogP contribution in [0.3, 0.4) is 0 Å². The lowest BCUT2D eigenvalue weighted by Crippen LogP contribution is -2.17. The van der Waals surface area contributed by atoms with Crippen LogP contribution in [0.4, 0.5) is 30.6 Å². The summed E-state index contributed by atoms with van der Waals surface area (Å²) in [7, 11) is 0. The van der Waals surface area contributed by atoms with Gasteiger partial charge in [0.15, 0.2) is 0 Å².